The first-order valence-corrected chi connectivity index (χ1v) is 9.19. The van der Waals surface area contributed by atoms with E-state index in [1.54, 1.807) is 23.1 Å². The lowest BCUT2D eigenvalue weighted by Crippen LogP contribution is -1.88. The van der Waals surface area contributed by atoms with Crippen molar-refractivity contribution in [1.29, 1.82) is 0 Å². The van der Waals surface area contributed by atoms with Crippen LogP contribution in [0.4, 0.5) is 0 Å². The van der Waals surface area contributed by atoms with Gasteiger partial charge in [0.1, 0.15) is 5.52 Å². The van der Waals surface area contributed by atoms with Gasteiger partial charge in [-0.1, -0.05) is 54.2 Å². The fourth-order valence-corrected chi connectivity index (χ4v) is 3.98. The van der Waals surface area contributed by atoms with Crippen molar-refractivity contribution in [2.45, 2.75) is 17.4 Å². The van der Waals surface area contributed by atoms with Gasteiger partial charge in [-0.2, -0.15) is 0 Å². The number of hydrogen-bond donors (Lipinski definition) is 0. The lowest BCUT2D eigenvalue weighted by Gasteiger charge is -1.96. The zero-order chi connectivity index (χ0) is 15.5. The Balaban J connectivity index is 1.41. The van der Waals surface area contributed by atoms with Crippen molar-refractivity contribution in [3.63, 3.8) is 0 Å². The van der Waals surface area contributed by atoms with Gasteiger partial charge in [0.15, 0.2) is 5.58 Å². The number of benzene rings is 2. The molecular weight excluding hydrogens is 324 g/mol. The second-order valence-corrected chi connectivity index (χ2v) is 7.00. The van der Waals surface area contributed by atoms with Crippen LogP contribution < -0.4 is 0 Å². The normalized spacial score (nSPS) is 11.1. The van der Waals surface area contributed by atoms with Crippen LogP contribution in [0.2, 0.25) is 0 Å². The lowest BCUT2D eigenvalue weighted by atomic mass is 10.2. The van der Waals surface area contributed by atoms with Gasteiger partial charge in [0.05, 0.1) is 10.7 Å². The summed E-state index contributed by atoms with van der Waals surface area (Å²) in [5.41, 5.74) is 4.10. The van der Waals surface area contributed by atoms with E-state index < -0.39 is 0 Å². The molecule has 0 amide bonds. The SMILES string of the molecule is c1ccc(Cc2nc(CSc3nc4ccccc4o3)cs2)cc1. The number of para-hydroxylation sites is 2. The number of oxazole rings is 1. The van der Waals surface area contributed by atoms with E-state index in [4.69, 9.17) is 9.40 Å². The summed E-state index contributed by atoms with van der Waals surface area (Å²) in [6.45, 7) is 0. The first-order valence-electron chi connectivity index (χ1n) is 7.32. The quantitative estimate of drug-likeness (QED) is 0.471. The lowest BCUT2D eigenvalue weighted by molar-refractivity contribution is 0.489. The van der Waals surface area contributed by atoms with Crippen LogP contribution in [0.15, 0.2) is 69.6 Å². The van der Waals surface area contributed by atoms with E-state index in [1.807, 2.05) is 30.3 Å². The van der Waals surface area contributed by atoms with Gasteiger partial charge < -0.3 is 4.42 Å². The molecule has 4 aromatic rings. The first-order chi connectivity index (χ1) is 11.4. The first kappa shape index (κ1) is 14.5. The molecule has 0 atom stereocenters. The van der Waals surface area contributed by atoms with E-state index in [1.165, 1.54) is 5.56 Å². The highest BCUT2D eigenvalue weighted by molar-refractivity contribution is 7.98. The molecule has 0 saturated heterocycles. The third-order valence-electron chi connectivity index (χ3n) is 3.42. The van der Waals surface area contributed by atoms with E-state index in [0.717, 1.165) is 34.0 Å². The van der Waals surface area contributed by atoms with Crippen LogP contribution in [0.3, 0.4) is 0 Å². The molecule has 0 aliphatic rings. The fourth-order valence-electron chi connectivity index (χ4n) is 2.32. The predicted octanol–water partition coefficient (Wildman–Crippen LogP) is 5.17. The Bertz CT molecular complexity index is 882. The molecule has 0 N–H and O–H groups in total. The van der Waals surface area contributed by atoms with Crippen molar-refractivity contribution in [2.75, 3.05) is 0 Å². The predicted molar refractivity (Wildman–Crippen MR) is 94.9 cm³/mol. The molecule has 0 spiro atoms. The zero-order valence-electron chi connectivity index (χ0n) is 12.3. The monoisotopic (exact) mass is 338 g/mol. The van der Waals surface area contributed by atoms with Crippen LogP contribution in [0.1, 0.15) is 16.3 Å². The van der Waals surface area contributed by atoms with Gasteiger partial charge in [-0.25, -0.2) is 9.97 Å². The summed E-state index contributed by atoms with van der Waals surface area (Å²) in [7, 11) is 0. The summed E-state index contributed by atoms with van der Waals surface area (Å²) >= 11 is 3.29. The molecule has 0 bridgehead atoms. The van der Waals surface area contributed by atoms with Crippen molar-refractivity contribution in [3.05, 3.63) is 76.2 Å². The molecule has 0 aliphatic carbocycles. The molecular formula is C18H14N2OS2. The summed E-state index contributed by atoms with van der Waals surface area (Å²) in [5, 5.41) is 3.96. The fraction of sp³-hybridized carbons (Fsp3) is 0.111. The Kier molecular flexibility index (Phi) is 4.13. The smallest absolute Gasteiger partial charge is 0.257 e. The maximum atomic E-state index is 5.72. The standard InChI is InChI=1S/C18H14N2OS2/c1-2-6-13(7-3-1)10-17-19-14(11-22-17)12-23-18-20-15-8-4-5-9-16(15)21-18/h1-9,11H,10,12H2. The van der Waals surface area contributed by atoms with Gasteiger partial charge in [0.2, 0.25) is 0 Å². The van der Waals surface area contributed by atoms with Gasteiger partial charge in [0.25, 0.3) is 5.22 Å². The molecule has 0 unspecified atom stereocenters. The Labute approximate surface area is 142 Å². The molecule has 23 heavy (non-hydrogen) atoms. The summed E-state index contributed by atoms with van der Waals surface area (Å²) < 4.78 is 5.72. The van der Waals surface area contributed by atoms with Crippen molar-refractivity contribution < 1.29 is 4.42 Å². The van der Waals surface area contributed by atoms with Crippen LogP contribution in [-0.2, 0) is 12.2 Å². The Hall–Kier alpha value is -2.11. The minimum absolute atomic E-state index is 0.698. The third kappa shape index (κ3) is 3.46. The molecule has 2 aromatic carbocycles. The highest BCUT2D eigenvalue weighted by Crippen LogP contribution is 2.27. The van der Waals surface area contributed by atoms with Crippen LogP contribution >= 0.6 is 23.1 Å². The van der Waals surface area contributed by atoms with Crippen molar-refractivity contribution in [2.24, 2.45) is 0 Å². The van der Waals surface area contributed by atoms with E-state index in [9.17, 15) is 0 Å². The number of nitrogens with zero attached hydrogens (tertiary/aromatic N) is 2. The maximum absolute atomic E-state index is 5.72. The van der Waals surface area contributed by atoms with Crippen LogP contribution in [0, 0.1) is 0 Å². The molecule has 114 valence electrons. The largest absolute Gasteiger partial charge is 0.431 e. The van der Waals surface area contributed by atoms with Gasteiger partial charge >= 0.3 is 0 Å². The molecule has 4 rings (SSSR count). The molecule has 3 nitrogen and oxygen atoms in total. The number of thioether (sulfide) groups is 1. The molecule has 0 fully saturated rings. The van der Waals surface area contributed by atoms with E-state index in [0.29, 0.717) is 5.22 Å². The molecule has 5 heteroatoms. The zero-order valence-corrected chi connectivity index (χ0v) is 13.9. The number of hydrogen-bond acceptors (Lipinski definition) is 5. The van der Waals surface area contributed by atoms with E-state index in [2.05, 4.69) is 34.6 Å². The van der Waals surface area contributed by atoms with Crippen LogP contribution in [-0.4, -0.2) is 9.97 Å². The third-order valence-corrected chi connectivity index (χ3v) is 5.17. The number of rotatable bonds is 5. The second kappa shape index (κ2) is 6.56. The number of fused-ring (bicyclic) bond motifs is 1. The van der Waals surface area contributed by atoms with Crippen molar-refractivity contribution in [1.82, 2.24) is 9.97 Å². The number of aromatic nitrogens is 2. The Morgan fingerprint density at radius 2 is 1.78 bits per heavy atom. The summed E-state index contributed by atoms with van der Waals surface area (Å²) in [4.78, 5) is 9.18. The van der Waals surface area contributed by atoms with Crippen molar-refractivity contribution >= 4 is 34.2 Å². The van der Waals surface area contributed by atoms with Crippen LogP contribution in [0.25, 0.3) is 11.1 Å². The molecule has 2 aromatic heterocycles. The number of thiazole rings is 1. The molecule has 0 aliphatic heterocycles. The highest BCUT2D eigenvalue weighted by atomic mass is 32.2. The summed E-state index contributed by atoms with van der Waals surface area (Å²) in [6, 6.07) is 18.3. The van der Waals surface area contributed by atoms with E-state index >= 15 is 0 Å². The average molecular weight is 338 g/mol. The van der Waals surface area contributed by atoms with Gasteiger partial charge in [0, 0.05) is 17.6 Å². The highest BCUT2D eigenvalue weighted by Gasteiger charge is 2.08. The minimum atomic E-state index is 0.698. The Morgan fingerprint density at radius 3 is 2.65 bits per heavy atom. The van der Waals surface area contributed by atoms with Crippen LogP contribution in [0.5, 0.6) is 0 Å². The molecule has 2 heterocycles. The molecule has 0 radical (unpaired) electrons. The molecule has 0 saturated carbocycles. The van der Waals surface area contributed by atoms with Gasteiger partial charge in [-0.15, -0.1) is 11.3 Å². The van der Waals surface area contributed by atoms with Crippen molar-refractivity contribution in [3.8, 4) is 0 Å². The second-order valence-electron chi connectivity index (χ2n) is 5.13. The topological polar surface area (TPSA) is 38.9 Å². The van der Waals surface area contributed by atoms with Gasteiger partial charge in [-0.05, 0) is 17.7 Å². The minimum Gasteiger partial charge on any atom is -0.431 e. The Morgan fingerprint density at radius 1 is 0.957 bits per heavy atom. The summed E-state index contributed by atoms with van der Waals surface area (Å²) in [6.07, 6.45) is 0.888. The summed E-state index contributed by atoms with van der Waals surface area (Å²) in [5.74, 6) is 0.776. The maximum Gasteiger partial charge on any atom is 0.257 e. The van der Waals surface area contributed by atoms with Gasteiger partial charge in [-0.3, -0.25) is 0 Å². The average Bonchev–Trinajstić information content (AvgIpc) is 3.20. The van der Waals surface area contributed by atoms with E-state index in [-0.39, 0.29) is 0 Å².